The Labute approximate surface area is 189 Å². The zero-order chi connectivity index (χ0) is 23.7. The number of nitrogens with two attached hydrogens (primary N) is 1. The molecule has 0 radical (unpaired) electrons. The van der Waals surface area contributed by atoms with Gasteiger partial charge in [-0.25, -0.2) is 0 Å². The van der Waals surface area contributed by atoms with Crippen molar-refractivity contribution in [3.05, 3.63) is 63.4 Å². The Morgan fingerprint density at radius 1 is 1.16 bits per heavy atom. The second kappa shape index (κ2) is 11.8. The van der Waals surface area contributed by atoms with Crippen LogP contribution in [0, 0.1) is 19.3 Å². The standard InChI is InChI=1S/C26H34F3N3/c1-4-5-8-21(20(15-30)17-32-14-13-26(27,28)29)22-9-6-7-10-23(22)25-19(3)12-11-18(2)24(25)16-31/h8,11-12,15-17,31H,4-7,9-10,13-14,30H2,1-3H3/b20-15+,21-8+,31-16?,32-17?. The summed E-state index contributed by atoms with van der Waals surface area (Å²) in [6.45, 7) is 5.85. The summed E-state index contributed by atoms with van der Waals surface area (Å²) in [5.41, 5.74) is 14.1. The molecular formula is C26H34F3N3. The van der Waals surface area contributed by atoms with Crippen LogP contribution in [0.15, 0.2) is 46.1 Å². The summed E-state index contributed by atoms with van der Waals surface area (Å²) in [7, 11) is 0. The number of hydrogen-bond acceptors (Lipinski definition) is 3. The number of unbranched alkanes of at least 4 members (excludes halogenated alkanes) is 1. The van der Waals surface area contributed by atoms with Gasteiger partial charge in [0, 0.05) is 36.3 Å². The van der Waals surface area contributed by atoms with Crippen molar-refractivity contribution in [2.75, 3.05) is 6.54 Å². The molecule has 0 fully saturated rings. The number of halogens is 3. The van der Waals surface area contributed by atoms with Crippen LogP contribution in [0.25, 0.3) is 5.57 Å². The molecule has 0 spiro atoms. The van der Waals surface area contributed by atoms with Crippen molar-refractivity contribution in [2.45, 2.75) is 71.9 Å². The van der Waals surface area contributed by atoms with Crippen molar-refractivity contribution in [3.8, 4) is 0 Å². The molecule has 2 rings (SSSR count). The summed E-state index contributed by atoms with van der Waals surface area (Å²) in [5.74, 6) is 0. The van der Waals surface area contributed by atoms with Crippen molar-refractivity contribution < 1.29 is 13.2 Å². The van der Waals surface area contributed by atoms with Gasteiger partial charge in [0.1, 0.15) is 0 Å². The van der Waals surface area contributed by atoms with Crippen LogP contribution < -0.4 is 5.73 Å². The zero-order valence-electron chi connectivity index (χ0n) is 19.3. The lowest BCUT2D eigenvalue weighted by Crippen LogP contribution is -2.10. The molecule has 174 valence electrons. The summed E-state index contributed by atoms with van der Waals surface area (Å²) in [5, 5.41) is 8.00. The Hall–Kier alpha value is -2.63. The fourth-order valence-corrected chi connectivity index (χ4v) is 4.16. The van der Waals surface area contributed by atoms with Crippen molar-refractivity contribution in [2.24, 2.45) is 10.7 Å². The van der Waals surface area contributed by atoms with Gasteiger partial charge in [-0.05, 0) is 79.4 Å². The average molecular weight is 446 g/mol. The van der Waals surface area contributed by atoms with Crippen molar-refractivity contribution in [3.63, 3.8) is 0 Å². The van der Waals surface area contributed by atoms with Gasteiger partial charge < -0.3 is 11.1 Å². The Morgan fingerprint density at radius 2 is 1.84 bits per heavy atom. The minimum absolute atomic E-state index is 0.317. The Kier molecular flexibility index (Phi) is 9.48. The first-order chi connectivity index (χ1) is 15.2. The van der Waals surface area contributed by atoms with E-state index in [0.717, 1.165) is 66.4 Å². The van der Waals surface area contributed by atoms with E-state index in [1.165, 1.54) is 29.8 Å². The number of rotatable bonds is 9. The maximum Gasteiger partial charge on any atom is 0.390 e. The number of alkyl halides is 3. The molecule has 0 saturated carbocycles. The molecule has 3 N–H and O–H groups in total. The number of aryl methyl sites for hydroxylation is 2. The summed E-state index contributed by atoms with van der Waals surface area (Å²) >= 11 is 0. The number of aliphatic imine (C=N–C) groups is 1. The van der Waals surface area contributed by atoms with Gasteiger partial charge in [-0.15, -0.1) is 0 Å². The average Bonchev–Trinajstić information content (AvgIpc) is 2.76. The van der Waals surface area contributed by atoms with Gasteiger partial charge in [-0.1, -0.05) is 31.6 Å². The van der Waals surface area contributed by atoms with E-state index in [2.05, 4.69) is 31.0 Å². The van der Waals surface area contributed by atoms with Gasteiger partial charge in [-0.2, -0.15) is 13.2 Å². The van der Waals surface area contributed by atoms with Crippen LogP contribution in [0.3, 0.4) is 0 Å². The minimum atomic E-state index is -4.23. The van der Waals surface area contributed by atoms with Gasteiger partial charge >= 0.3 is 6.18 Å². The second-order valence-corrected chi connectivity index (χ2v) is 8.23. The van der Waals surface area contributed by atoms with Crippen LogP contribution in [0.2, 0.25) is 0 Å². The normalized spacial score (nSPS) is 16.2. The first kappa shape index (κ1) is 25.6. The molecule has 3 nitrogen and oxygen atoms in total. The number of nitrogens with one attached hydrogen (secondary N) is 1. The largest absolute Gasteiger partial charge is 0.404 e. The highest BCUT2D eigenvalue weighted by atomic mass is 19.4. The minimum Gasteiger partial charge on any atom is -0.404 e. The Morgan fingerprint density at radius 3 is 2.47 bits per heavy atom. The van der Waals surface area contributed by atoms with E-state index in [1.807, 2.05) is 13.0 Å². The van der Waals surface area contributed by atoms with E-state index in [1.54, 1.807) is 0 Å². The molecule has 1 aliphatic carbocycles. The highest BCUT2D eigenvalue weighted by Crippen LogP contribution is 2.41. The SMILES string of the molecule is CCC/C=C(C1=C(c2c(C)ccc(C)c2C=N)CCCC1)\C(C=NCCC(F)(F)F)=C\N. The van der Waals surface area contributed by atoms with Crippen LogP contribution >= 0.6 is 0 Å². The lowest BCUT2D eigenvalue weighted by Gasteiger charge is -2.26. The lowest BCUT2D eigenvalue weighted by molar-refractivity contribution is -0.132. The zero-order valence-corrected chi connectivity index (χ0v) is 19.3. The first-order valence-corrected chi connectivity index (χ1v) is 11.3. The molecule has 0 atom stereocenters. The summed E-state index contributed by atoms with van der Waals surface area (Å²) in [4.78, 5) is 4.02. The van der Waals surface area contributed by atoms with Crippen LogP contribution in [-0.2, 0) is 0 Å². The Balaban J connectivity index is 2.59. The van der Waals surface area contributed by atoms with Crippen LogP contribution in [0.4, 0.5) is 13.2 Å². The van der Waals surface area contributed by atoms with Crippen molar-refractivity contribution >= 4 is 18.0 Å². The van der Waals surface area contributed by atoms with E-state index in [-0.39, 0.29) is 6.54 Å². The lowest BCUT2D eigenvalue weighted by atomic mass is 9.78. The number of allylic oxidation sites excluding steroid dienone is 5. The maximum atomic E-state index is 12.5. The third kappa shape index (κ3) is 6.68. The van der Waals surface area contributed by atoms with Gasteiger partial charge in [-0.3, -0.25) is 4.99 Å². The number of benzene rings is 1. The van der Waals surface area contributed by atoms with E-state index in [0.29, 0.717) is 5.57 Å². The number of nitrogens with zero attached hydrogens (tertiary/aromatic N) is 1. The second-order valence-electron chi connectivity index (χ2n) is 8.23. The molecule has 6 heteroatoms. The van der Waals surface area contributed by atoms with Crippen LogP contribution in [0.5, 0.6) is 0 Å². The van der Waals surface area contributed by atoms with Gasteiger partial charge in [0.2, 0.25) is 0 Å². The predicted octanol–water partition coefficient (Wildman–Crippen LogP) is 7.22. The highest BCUT2D eigenvalue weighted by molar-refractivity contribution is 5.94. The quantitative estimate of drug-likeness (QED) is 0.306. The van der Waals surface area contributed by atoms with Gasteiger partial charge in [0.25, 0.3) is 0 Å². The summed E-state index contributed by atoms with van der Waals surface area (Å²) < 4.78 is 37.5. The molecule has 1 aliphatic rings. The van der Waals surface area contributed by atoms with E-state index >= 15 is 0 Å². The smallest absolute Gasteiger partial charge is 0.390 e. The fourth-order valence-electron chi connectivity index (χ4n) is 4.16. The van der Waals surface area contributed by atoms with E-state index < -0.39 is 12.6 Å². The van der Waals surface area contributed by atoms with E-state index in [9.17, 15) is 13.2 Å². The summed E-state index contributed by atoms with van der Waals surface area (Å²) in [6, 6.07) is 4.12. The van der Waals surface area contributed by atoms with Crippen molar-refractivity contribution in [1.29, 1.82) is 5.41 Å². The molecule has 32 heavy (non-hydrogen) atoms. The molecule has 0 heterocycles. The van der Waals surface area contributed by atoms with Gasteiger partial charge in [0.15, 0.2) is 0 Å². The first-order valence-electron chi connectivity index (χ1n) is 11.3. The third-order valence-corrected chi connectivity index (χ3v) is 5.79. The number of hydrogen-bond donors (Lipinski definition) is 2. The maximum absolute atomic E-state index is 12.5. The molecule has 1 aromatic rings. The Bertz CT molecular complexity index is 934. The molecule has 0 amide bonds. The predicted molar refractivity (Wildman–Crippen MR) is 128 cm³/mol. The molecule has 0 saturated heterocycles. The molecular weight excluding hydrogens is 411 g/mol. The third-order valence-electron chi connectivity index (χ3n) is 5.79. The van der Waals surface area contributed by atoms with Gasteiger partial charge in [0.05, 0.1) is 6.42 Å². The topological polar surface area (TPSA) is 62.2 Å². The molecule has 1 aromatic carbocycles. The van der Waals surface area contributed by atoms with Crippen molar-refractivity contribution in [1.82, 2.24) is 0 Å². The van der Waals surface area contributed by atoms with Crippen LogP contribution in [0.1, 0.15) is 74.1 Å². The highest BCUT2D eigenvalue weighted by Gasteiger charge is 2.26. The molecule has 0 unspecified atom stereocenters. The van der Waals surface area contributed by atoms with E-state index in [4.69, 9.17) is 11.1 Å². The molecule has 0 aromatic heterocycles. The molecule has 0 bridgehead atoms. The fraction of sp³-hybridized carbons (Fsp3) is 0.462. The monoisotopic (exact) mass is 445 g/mol. The summed E-state index contributed by atoms with van der Waals surface area (Å²) in [6.07, 6.45) is 6.94. The molecule has 0 aliphatic heterocycles. The van der Waals surface area contributed by atoms with Crippen LogP contribution in [-0.4, -0.2) is 25.2 Å².